The molecule has 0 saturated heterocycles. The molecule has 2 heterocycles. The minimum atomic E-state index is -0.419. The molecular weight excluding hydrogens is 506 g/mol. The summed E-state index contributed by atoms with van der Waals surface area (Å²) in [6.07, 6.45) is 1.86. The number of fused-ring (bicyclic) bond motifs is 1. The zero-order chi connectivity index (χ0) is 26.8. The fourth-order valence-electron chi connectivity index (χ4n) is 4.66. The van der Waals surface area contributed by atoms with Crippen LogP contribution in [0.1, 0.15) is 11.3 Å². The normalized spacial score (nSPS) is 12.0. The maximum atomic E-state index is 11.5. The third-order valence-corrected chi connectivity index (χ3v) is 7.36. The lowest BCUT2D eigenvalue weighted by Crippen LogP contribution is -2.12. The maximum Gasteiger partial charge on any atom is 0.294 e. The minimum absolute atomic E-state index is 0.0450. The molecule has 8 heteroatoms. The van der Waals surface area contributed by atoms with Crippen LogP contribution in [0.4, 0.5) is 11.4 Å². The van der Waals surface area contributed by atoms with E-state index in [-0.39, 0.29) is 5.69 Å². The van der Waals surface area contributed by atoms with Crippen molar-refractivity contribution in [2.45, 2.75) is 6.92 Å². The molecule has 190 valence electrons. The van der Waals surface area contributed by atoms with E-state index in [0.717, 1.165) is 39.1 Å². The van der Waals surface area contributed by atoms with E-state index in [2.05, 4.69) is 46.0 Å². The van der Waals surface area contributed by atoms with E-state index in [1.165, 1.54) is 17.4 Å². The second kappa shape index (κ2) is 10.4. The van der Waals surface area contributed by atoms with Crippen LogP contribution in [-0.2, 0) is 0 Å². The van der Waals surface area contributed by atoms with Gasteiger partial charge in [-0.2, -0.15) is 5.10 Å². The Bertz CT molecular complexity index is 1900. The molecular formula is C31H23N5O2S. The standard InChI is InChI=1S/C31H23N5O2S/c1-22-21-39-31(33-27-17-9-11-19-29(27)36(37)38)35(22)32-20-26-25-16-8-10-18-28(25)34(24-14-6-3-7-15-24)30(26)23-12-4-2-5-13-23/h2-21H,1H3. The van der Waals surface area contributed by atoms with E-state index in [1.807, 2.05) is 67.0 Å². The number of benzene rings is 4. The number of hydrogen-bond acceptors (Lipinski definition) is 5. The van der Waals surface area contributed by atoms with E-state index in [4.69, 9.17) is 5.10 Å². The highest BCUT2D eigenvalue weighted by molar-refractivity contribution is 7.07. The van der Waals surface area contributed by atoms with Crippen molar-refractivity contribution in [2.75, 3.05) is 0 Å². The van der Waals surface area contributed by atoms with Gasteiger partial charge in [0.1, 0.15) is 5.69 Å². The third-order valence-electron chi connectivity index (χ3n) is 6.42. The number of aryl methyl sites for hydroxylation is 1. The van der Waals surface area contributed by atoms with Crippen LogP contribution in [0, 0.1) is 17.0 Å². The first-order chi connectivity index (χ1) is 19.1. The van der Waals surface area contributed by atoms with E-state index in [1.54, 1.807) is 22.9 Å². The van der Waals surface area contributed by atoms with Crippen LogP contribution in [-0.4, -0.2) is 20.4 Å². The van der Waals surface area contributed by atoms with E-state index >= 15 is 0 Å². The Morgan fingerprint density at radius 2 is 1.51 bits per heavy atom. The third kappa shape index (κ3) is 4.58. The summed E-state index contributed by atoms with van der Waals surface area (Å²) in [5, 5.41) is 19.4. The highest BCUT2D eigenvalue weighted by atomic mass is 32.1. The molecule has 0 N–H and O–H groups in total. The van der Waals surface area contributed by atoms with E-state index < -0.39 is 4.92 Å². The summed E-state index contributed by atoms with van der Waals surface area (Å²) in [5.41, 5.74) is 6.31. The summed E-state index contributed by atoms with van der Waals surface area (Å²) in [4.78, 5) is 16.3. The molecule has 0 aliphatic carbocycles. The molecule has 0 radical (unpaired) electrons. The van der Waals surface area contributed by atoms with Crippen molar-refractivity contribution in [2.24, 2.45) is 10.1 Å². The van der Waals surface area contributed by atoms with Crippen molar-refractivity contribution >= 4 is 39.8 Å². The van der Waals surface area contributed by atoms with E-state index in [0.29, 0.717) is 10.5 Å². The lowest BCUT2D eigenvalue weighted by molar-refractivity contribution is -0.384. The van der Waals surface area contributed by atoms with Gasteiger partial charge in [-0.15, -0.1) is 11.3 Å². The summed E-state index contributed by atoms with van der Waals surface area (Å²) in [5.74, 6) is 0. The zero-order valence-corrected chi connectivity index (χ0v) is 21.8. The summed E-state index contributed by atoms with van der Waals surface area (Å²) in [7, 11) is 0. The van der Waals surface area contributed by atoms with Crippen LogP contribution < -0.4 is 4.80 Å². The Kier molecular flexibility index (Phi) is 6.44. The molecule has 0 fully saturated rings. The number of rotatable bonds is 6. The molecule has 0 unspecified atom stereocenters. The Morgan fingerprint density at radius 3 is 2.28 bits per heavy atom. The minimum Gasteiger partial charge on any atom is -0.309 e. The topological polar surface area (TPSA) is 77.7 Å². The number of hydrogen-bond donors (Lipinski definition) is 0. The van der Waals surface area contributed by atoms with Crippen LogP contribution in [0.5, 0.6) is 0 Å². The molecule has 2 aromatic heterocycles. The average Bonchev–Trinajstić information content (AvgIpc) is 3.49. The van der Waals surface area contributed by atoms with Gasteiger partial charge in [-0.3, -0.25) is 10.1 Å². The van der Waals surface area contributed by atoms with Crippen LogP contribution in [0.15, 0.2) is 125 Å². The van der Waals surface area contributed by atoms with Crippen molar-refractivity contribution in [1.82, 2.24) is 9.24 Å². The summed E-state index contributed by atoms with van der Waals surface area (Å²) in [6, 6.07) is 35.3. The molecule has 0 spiro atoms. The molecule has 39 heavy (non-hydrogen) atoms. The number of para-hydroxylation sites is 4. The predicted molar refractivity (Wildman–Crippen MR) is 157 cm³/mol. The Labute approximate surface area is 228 Å². The second-order valence-corrected chi connectivity index (χ2v) is 9.73. The van der Waals surface area contributed by atoms with Crippen molar-refractivity contribution in [1.29, 1.82) is 0 Å². The van der Waals surface area contributed by atoms with Gasteiger partial charge < -0.3 is 4.57 Å². The molecule has 6 aromatic rings. The predicted octanol–water partition coefficient (Wildman–Crippen LogP) is 7.49. The van der Waals surface area contributed by atoms with Crippen LogP contribution in [0.25, 0.3) is 27.8 Å². The molecule has 7 nitrogen and oxygen atoms in total. The fraction of sp³-hybridized carbons (Fsp3) is 0.0323. The molecule has 0 aliphatic heterocycles. The number of thiazole rings is 1. The van der Waals surface area contributed by atoms with E-state index in [9.17, 15) is 10.1 Å². The maximum absolute atomic E-state index is 11.5. The highest BCUT2D eigenvalue weighted by Gasteiger charge is 2.19. The quantitative estimate of drug-likeness (QED) is 0.127. The highest BCUT2D eigenvalue weighted by Crippen LogP contribution is 2.35. The first-order valence-corrected chi connectivity index (χ1v) is 13.2. The molecule has 0 aliphatic rings. The van der Waals surface area contributed by atoms with Crippen molar-refractivity contribution in [3.8, 4) is 16.9 Å². The Balaban J connectivity index is 1.58. The first kappa shape index (κ1) is 24.3. The number of aromatic nitrogens is 2. The zero-order valence-electron chi connectivity index (χ0n) is 21.0. The van der Waals surface area contributed by atoms with Gasteiger partial charge in [0, 0.05) is 28.1 Å². The van der Waals surface area contributed by atoms with Crippen molar-refractivity contribution in [3.63, 3.8) is 0 Å². The number of nitro benzene ring substituents is 1. The van der Waals surface area contributed by atoms with Crippen molar-refractivity contribution in [3.05, 3.63) is 141 Å². The van der Waals surface area contributed by atoms with Gasteiger partial charge in [0.05, 0.1) is 28.0 Å². The molecule has 0 bridgehead atoms. The van der Waals surface area contributed by atoms with Gasteiger partial charge in [-0.1, -0.05) is 78.9 Å². The molecule has 0 amide bonds. The van der Waals surface area contributed by atoms with Gasteiger partial charge in [-0.25, -0.2) is 9.67 Å². The Hall–Kier alpha value is -5.08. The van der Waals surface area contributed by atoms with Gasteiger partial charge in [0.15, 0.2) is 0 Å². The molecule has 4 aromatic carbocycles. The van der Waals surface area contributed by atoms with Crippen molar-refractivity contribution < 1.29 is 4.92 Å². The number of nitrogens with zero attached hydrogens (tertiary/aromatic N) is 5. The lowest BCUT2D eigenvalue weighted by Gasteiger charge is -2.12. The van der Waals surface area contributed by atoms with Gasteiger partial charge >= 0.3 is 0 Å². The monoisotopic (exact) mass is 529 g/mol. The fourth-order valence-corrected chi connectivity index (χ4v) is 5.47. The Morgan fingerprint density at radius 1 is 0.846 bits per heavy atom. The smallest absolute Gasteiger partial charge is 0.294 e. The number of nitro groups is 1. The van der Waals surface area contributed by atoms with Crippen LogP contribution in [0.3, 0.4) is 0 Å². The lowest BCUT2D eigenvalue weighted by atomic mass is 10.1. The molecule has 0 saturated carbocycles. The summed E-state index contributed by atoms with van der Waals surface area (Å²) >= 11 is 1.39. The van der Waals surface area contributed by atoms with Crippen LogP contribution in [0.2, 0.25) is 0 Å². The first-order valence-electron chi connectivity index (χ1n) is 12.4. The second-order valence-electron chi connectivity index (χ2n) is 8.89. The average molecular weight is 530 g/mol. The van der Waals surface area contributed by atoms with Gasteiger partial charge in [0.2, 0.25) is 4.80 Å². The molecule has 6 rings (SSSR count). The largest absolute Gasteiger partial charge is 0.309 e. The van der Waals surface area contributed by atoms with Gasteiger partial charge in [0.25, 0.3) is 5.69 Å². The SMILES string of the molecule is Cc1csc(=Nc2ccccc2[N+](=O)[O-])n1N=Cc1c(-c2ccccc2)n(-c2ccccc2)c2ccccc12. The molecule has 0 atom stereocenters. The van der Waals surface area contributed by atoms with Crippen LogP contribution >= 0.6 is 11.3 Å². The summed E-state index contributed by atoms with van der Waals surface area (Å²) < 4.78 is 3.99. The summed E-state index contributed by atoms with van der Waals surface area (Å²) in [6.45, 7) is 1.94. The van der Waals surface area contributed by atoms with Gasteiger partial charge in [-0.05, 0) is 36.8 Å².